The molecule has 0 heterocycles. The van der Waals surface area contributed by atoms with Gasteiger partial charge in [-0.25, -0.2) is 9.18 Å². The zero-order valence-electron chi connectivity index (χ0n) is 12.2. The molecule has 2 aromatic carbocycles. The van der Waals surface area contributed by atoms with Crippen LogP contribution in [0.3, 0.4) is 0 Å². The van der Waals surface area contributed by atoms with Gasteiger partial charge in [0, 0.05) is 0 Å². The lowest BCUT2D eigenvalue weighted by Crippen LogP contribution is -2.10. The molecule has 2 aromatic rings. The molecule has 110 valence electrons. The third-order valence-corrected chi connectivity index (χ3v) is 3.06. The van der Waals surface area contributed by atoms with Gasteiger partial charge in [0.2, 0.25) is 0 Å². The standard InChI is InChI=1S/C17H17FO3/c1-10(2)21-16-7-5-13(9-14(16)17(19)20)12-4-6-15(18)11(3)8-12/h4-10H,1-3H3,(H,19,20). The SMILES string of the molecule is Cc1cc(-c2ccc(OC(C)C)c(C(=O)O)c2)ccc1F. The number of carboxylic acid groups (broad SMARTS) is 1. The Morgan fingerprint density at radius 1 is 1.14 bits per heavy atom. The monoisotopic (exact) mass is 288 g/mol. The maximum atomic E-state index is 13.3. The lowest BCUT2D eigenvalue weighted by molar-refractivity contribution is 0.0690. The summed E-state index contributed by atoms with van der Waals surface area (Å²) in [5, 5.41) is 9.31. The predicted octanol–water partition coefficient (Wildman–Crippen LogP) is 4.29. The van der Waals surface area contributed by atoms with Crippen LogP contribution in [0.1, 0.15) is 29.8 Å². The van der Waals surface area contributed by atoms with Crippen molar-refractivity contribution in [1.82, 2.24) is 0 Å². The number of ether oxygens (including phenoxy) is 1. The summed E-state index contributed by atoms with van der Waals surface area (Å²) in [5.41, 5.74) is 2.11. The van der Waals surface area contributed by atoms with Crippen LogP contribution in [0.5, 0.6) is 5.75 Å². The van der Waals surface area contributed by atoms with Crippen molar-refractivity contribution < 1.29 is 19.0 Å². The summed E-state index contributed by atoms with van der Waals surface area (Å²) in [6, 6.07) is 9.66. The van der Waals surface area contributed by atoms with Crippen molar-refractivity contribution in [3.05, 3.63) is 53.3 Å². The topological polar surface area (TPSA) is 46.5 Å². The van der Waals surface area contributed by atoms with Gasteiger partial charge in [-0.1, -0.05) is 12.1 Å². The van der Waals surface area contributed by atoms with Gasteiger partial charge < -0.3 is 9.84 Å². The molecule has 0 atom stereocenters. The molecule has 0 aliphatic heterocycles. The molecule has 0 unspecified atom stereocenters. The van der Waals surface area contributed by atoms with E-state index in [1.54, 1.807) is 37.3 Å². The average Bonchev–Trinajstić information content (AvgIpc) is 2.41. The lowest BCUT2D eigenvalue weighted by Gasteiger charge is -2.13. The maximum Gasteiger partial charge on any atom is 0.339 e. The second-order valence-electron chi connectivity index (χ2n) is 5.15. The Kier molecular flexibility index (Phi) is 4.26. The zero-order chi connectivity index (χ0) is 15.6. The van der Waals surface area contributed by atoms with E-state index >= 15 is 0 Å². The number of hydrogen-bond acceptors (Lipinski definition) is 2. The number of aromatic carboxylic acids is 1. The zero-order valence-corrected chi connectivity index (χ0v) is 12.2. The molecule has 0 fully saturated rings. The summed E-state index contributed by atoms with van der Waals surface area (Å²) in [5.74, 6) is -0.997. The molecular formula is C17H17FO3. The van der Waals surface area contributed by atoms with Gasteiger partial charge in [-0.3, -0.25) is 0 Å². The van der Waals surface area contributed by atoms with E-state index in [0.29, 0.717) is 16.9 Å². The molecule has 0 aromatic heterocycles. The highest BCUT2D eigenvalue weighted by Crippen LogP contribution is 2.28. The second kappa shape index (κ2) is 5.95. The van der Waals surface area contributed by atoms with Crippen molar-refractivity contribution in [3.8, 4) is 16.9 Å². The van der Waals surface area contributed by atoms with Crippen molar-refractivity contribution in [2.75, 3.05) is 0 Å². The summed E-state index contributed by atoms with van der Waals surface area (Å²) in [6.45, 7) is 5.35. The Morgan fingerprint density at radius 2 is 1.76 bits per heavy atom. The molecule has 21 heavy (non-hydrogen) atoms. The van der Waals surface area contributed by atoms with Gasteiger partial charge in [-0.15, -0.1) is 0 Å². The van der Waals surface area contributed by atoms with Gasteiger partial charge in [0.05, 0.1) is 6.10 Å². The summed E-state index contributed by atoms with van der Waals surface area (Å²) >= 11 is 0. The van der Waals surface area contributed by atoms with Crippen LogP contribution >= 0.6 is 0 Å². The molecule has 0 aliphatic rings. The van der Waals surface area contributed by atoms with Crippen molar-refractivity contribution in [2.45, 2.75) is 26.9 Å². The Labute approximate surface area is 123 Å². The largest absolute Gasteiger partial charge is 0.490 e. The van der Waals surface area contributed by atoms with E-state index in [-0.39, 0.29) is 17.5 Å². The van der Waals surface area contributed by atoms with Crippen LogP contribution in [0, 0.1) is 12.7 Å². The molecule has 0 radical (unpaired) electrons. The van der Waals surface area contributed by atoms with Gasteiger partial charge >= 0.3 is 5.97 Å². The average molecular weight is 288 g/mol. The maximum absolute atomic E-state index is 13.3. The number of carboxylic acids is 1. The Balaban J connectivity index is 2.48. The third kappa shape index (κ3) is 3.40. The molecule has 1 N–H and O–H groups in total. The number of aryl methyl sites for hydroxylation is 1. The summed E-state index contributed by atoms with van der Waals surface area (Å²) in [7, 11) is 0. The number of rotatable bonds is 4. The van der Waals surface area contributed by atoms with Gasteiger partial charge in [0.15, 0.2) is 0 Å². The number of hydrogen-bond donors (Lipinski definition) is 1. The highest BCUT2D eigenvalue weighted by atomic mass is 19.1. The van der Waals surface area contributed by atoms with Crippen LogP contribution in [0.25, 0.3) is 11.1 Å². The van der Waals surface area contributed by atoms with Crippen LogP contribution in [-0.2, 0) is 0 Å². The normalized spacial score (nSPS) is 10.7. The van der Waals surface area contributed by atoms with E-state index < -0.39 is 5.97 Å². The van der Waals surface area contributed by atoms with E-state index in [2.05, 4.69) is 0 Å². The third-order valence-electron chi connectivity index (χ3n) is 3.06. The molecule has 2 rings (SSSR count). The van der Waals surface area contributed by atoms with Crippen molar-refractivity contribution >= 4 is 5.97 Å². The molecule has 0 saturated carbocycles. The van der Waals surface area contributed by atoms with Crippen LogP contribution in [0.2, 0.25) is 0 Å². The highest BCUT2D eigenvalue weighted by Gasteiger charge is 2.14. The van der Waals surface area contributed by atoms with Gasteiger partial charge in [-0.2, -0.15) is 0 Å². The number of carbonyl (C=O) groups is 1. The fraction of sp³-hybridized carbons (Fsp3) is 0.235. The quantitative estimate of drug-likeness (QED) is 0.913. The smallest absolute Gasteiger partial charge is 0.339 e. The Bertz CT molecular complexity index is 678. The van der Waals surface area contributed by atoms with Crippen molar-refractivity contribution in [3.63, 3.8) is 0 Å². The molecule has 0 amide bonds. The first kappa shape index (κ1) is 15.0. The fourth-order valence-corrected chi connectivity index (χ4v) is 2.06. The van der Waals surface area contributed by atoms with Crippen LogP contribution in [0.4, 0.5) is 4.39 Å². The fourth-order valence-electron chi connectivity index (χ4n) is 2.06. The first-order valence-electron chi connectivity index (χ1n) is 6.69. The predicted molar refractivity (Wildman–Crippen MR) is 79.3 cm³/mol. The van der Waals surface area contributed by atoms with Crippen molar-refractivity contribution in [2.24, 2.45) is 0 Å². The van der Waals surface area contributed by atoms with E-state index in [1.165, 1.54) is 6.07 Å². The van der Waals surface area contributed by atoms with E-state index in [0.717, 1.165) is 5.56 Å². The van der Waals surface area contributed by atoms with Gasteiger partial charge in [0.25, 0.3) is 0 Å². The minimum atomic E-state index is -1.05. The first-order valence-corrected chi connectivity index (χ1v) is 6.69. The van der Waals surface area contributed by atoms with Crippen molar-refractivity contribution in [1.29, 1.82) is 0 Å². The Hall–Kier alpha value is -2.36. The van der Waals surface area contributed by atoms with E-state index in [4.69, 9.17) is 4.74 Å². The van der Waals surface area contributed by atoms with Gasteiger partial charge in [0.1, 0.15) is 17.1 Å². The lowest BCUT2D eigenvalue weighted by atomic mass is 10.0. The highest BCUT2D eigenvalue weighted by molar-refractivity contribution is 5.92. The molecule has 0 aliphatic carbocycles. The molecule has 4 heteroatoms. The van der Waals surface area contributed by atoms with Crippen LogP contribution in [-0.4, -0.2) is 17.2 Å². The van der Waals surface area contributed by atoms with Gasteiger partial charge in [-0.05, 0) is 61.7 Å². The van der Waals surface area contributed by atoms with E-state index in [9.17, 15) is 14.3 Å². The summed E-state index contributed by atoms with van der Waals surface area (Å²) in [4.78, 5) is 11.4. The number of benzene rings is 2. The molecule has 0 bridgehead atoms. The van der Waals surface area contributed by atoms with Crippen LogP contribution < -0.4 is 4.74 Å². The van der Waals surface area contributed by atoms with Crippen LogP contribution in [0.15, 0.2) is 36.4 Å². The summed E-state index contributed by atoms with van der Waals surface area (Å²) in [6.07, 6.45) is -0.109. The Morgan fingerprint density at radius 3 is 2.33 bits per heavy atom. The molecular weight excluding hydrogens is 271 g/mol. The minimum Gasteiger partial charge on any atom is -0.490 e. The summed E-state index contributed by atoms with van der Waals surface area (Å²) < 4.78 is 18.8. The molecule has 0 saturated heterocycles. The molecule has 0 spiro atoms. The number of halogens is 1. The minimum absolute atomic E-state index is 0.100. The second-order valence-corrected chi connectivity index (χ2v) is 5.15. The van der Waals surface area contributed by atoms with E-state index in [1.807, 2.05) is 13.8 Å². The molecule has 3 nitrogen and oxygen atoms in total. The first-order chi connectivity index (χ1) is 9.88.